The zero-order valence-electron chi connectivity index (χ0n) is 17.5. The number of aromatic nitrogens is 4. The van der Waals surface area contributed by atoms with Crippen LogP contribution in [-0.4, -0.2) is 48.1 Å². The van der Waals surface area contributed by atoms with Crippen LogP contribution in [0.3, 0.4) is 0 Å². The maximum atomic E-state index is 12.6. The van der Waals surface area contributed by atoms with Gasteiger partial charge in [0.2, 0.25) is 5.01 Å². The van der Waals surface area contributed by atoms with E-state index in [-0.39, 0.29) is 17.5 Å². The van der Waals surface area contributed by atoms with Crippen LogP contribution >= 0.6 is 11.5 Å². The normalized spacial score (nSPS) is 22.2. The van der Waals surface area contributed by atoms with E-state index < -0.39 is 11.7 Å². The highest BCUT2D eigenvalue weighted by Gasteiger charge is 2.34. The third-order valence-corrected chi connectivity index (χ3v) is 5.61. The molecule has 0 aromatic carbocycles. The molecule has 2 N–H and O–H groups in total. The number of carbonyl (C=O) groups is 2. The molecule has 1 aliphatic rings. The Balaban J connectivity index is 1.52. The topological polar surface area (TPSA) is 111 Å². The van der Waals surface area contributed by atoms with E-state index in [1.807, 2.05) is 39.3 Å². The van der Waals surface area contributed by atoms with Crippen LogP contribution in [0.25, 0.3) is 11.5 Å². The Morgan fingerprint density at radius 1 is 1.31 bits per heavy atom. The summed E-state index contributed by atoms with van der Waals surface area (Å²) in [4.78, 5) is 33.0. The molecule has 0 bridgehead atoms. The molecule has 0 spiro atoms. The predicted octanol–water partition coefficient (Wildman–Crippen LogP) is 2.89. The number of amides is 2. The Morgan fingerprint density at radius 2 is 2.00 bits per heavy atom. The van der Waals surface area contributed by atoms with Gasteiger partial charge in [0.15, 0.2) is 5.82 Å². The van der Waals surface area contributed by atoms with Gasteiger partial charge < -0.3 is 19.9 Å². The first-order valence-electron chi connectivity index (χ1n) is 9.67. The van der Waals surface area contributed by atoms with Crippen molar-refractivity contribution in [2.75, 3.05) is 0 Å². The van der Waals surface area contributed by atoms with Crippen molar-refractivity contribution in [3.8, 4) is 11.5 Å². The number of hydrogen-bond acceptors (Lipinski definition) is 7. The highest BCUT2D eigenvalue weighted by atomic mass is 32.1. The Bertz CT molecular complexity index is 877. The molecule has 1 saturated carbocycles. The fourth-order valence-corrected chi connectivity index (χ4v) is 3.89. The van der Waals surface area contributed by atoms with Gasteiger partial charge in [-0.05, 0) is 64.9 Å². The smallest absolute Gasteiger partial charge is 0.408 e. The van der Waals surface area contributed by atoms with E-state index in [1.165, 1.54) is 0 Å². The van der Waals surface area contributed by atoms with Gasteiger partial charge in [0.25, 0.3) is 5.91 Å². The van der Waals surface area contributed by atoms with E-state index in [4.69, 9.17) is 4.74 Å². The first-order valence-corrected chi connectivity index (χ1v) is 10.4. The number of hydrogen-bond donors (Lipinski definition) is 2. The van der Waals surface area contributed by atoms with Crippen LogP contribution in [0, 0.1) is 0 Å². The molecular weight excluding hydrogens is 392 g/mol. The van der Waals surface area contributed by atoms with E-state index >= 15 is 0 Å². The highest BCUT2D eigenvalue weighted by Crippen LogP contribution is 2.29. The van der Waals surface area contributed by atoms with Crippen molar-refractivity contribution >= 4 is 23.5 Å². The molecule has 3 rings (SSSR count). The fraction of sp³-hybridized carbons (Fsp3) is 0.632. The molecule has 1 fully saturated rings. The largest absolute Gasteiger partial charge is 0.444 e. The van der Waals surface area contributed by atoms with E-state index in [0.29, 0.717) is 10.8 Å². The van der Waals surface area contributed by atoms with Crippen LogP contribution < -0.4 is 10.6 Å². The SMILES string of the molecule is Cn1cncc1-c1nsc(C(=O)NC2CCC(C)(NC(=O)OC(C)(C)C)CC2)n1. The number of alkyl carbamates (subject to hydrolysis) is 1. The number of nitrogens with zero attached hydrogens (tertiary/aromatic N) is 4. The monoisotopic (exact) mass is 420 g/mol. The van der Waals surface area contributed by atoms with Crippen LogP contribution in [0.4, 0.5) is 4.79 Å². The quantitative estimate of drug-likeness (QED) is 0.787. The summed E-state index contributed by atoms with van der Waals surface area (Å²) < 4.78 is 11.4. The molecule has 2 amide bonds. The number of imidazole rings is 1. The molecule has 10 heteroatoms. The minimum Gasteiger partial charge on any atom is -0.444 e. The van der Waals surface area contributed by atoms with Gasteiger partial charge in [0.1, 0.15) is 11.3 Å². The third-order valence-electron chi connectivity index (χ3n) is 4.89. The van der Waals surface area contributed by atoms with Gasteiger partial charge in [0, 0.05) is 18.6 Å². The van der Waals surface area contributed by atoms with Crippen LogP contribution in [0.5, 0.6) is 0 Å². The Morgan fingerprint density at radius 3 is 2.59 bits per heavy atom. The molecule has 2 aromatic rings. The first-order chi connectivity index (χ1) is 13.5. The molecule has 0 saturated heterocycles. The van der Waals surface area contributed by atoms with Gasteiger partial charge in [-0.3, -0.25) is 4.79 Å². The second kappa shape index (κ2) is 8.10. The van der Waals surface area contributed by atoms with Gasteiger partial charge >= 0.3 is 6.09 Å². The lowest BCUT2D eigenvalue weighted by molar-refractivity contribution is 0.0428. The van der Waals surface area contributed by atoms with Crippen LogP contribution in [0.1, 0.15) is 63.2 Å². The van der Waals surface area contributed by atoms with Gasteiger partial charge in [-0.1, -0.05) is 0 Å². The van der Waals surface area contributed by atoms with E-state index in [2.05, 4.69) is 25.0 Å². The molecule has 0 radical (unpaired) electrons. The lowest BCUT2D eigenvalue weighted by Crippen LogP contribution is -2.52. The van der Waals surface area contributed by atoms with Gasteiger partial charge in [0.05, 0.1) is 12.5 Å². The summed E-state index contributed by atoms with van der Waals surface area (Å²) in [7, 11) is 1.85. The molecule has 0 unspecified atom stereocenters. The molecule has 2 heterocycles. The Labute approximate surface area is 174 Å². The molecule has 29 heavy (non-hydrogen) atoms. The van der Waals surface area contributed by atoms with Crippen molar-refractivity contribution in [3.63, 3.8) is 0 Å². The second-order valence-electron chi connectivity index (χ2n) is 8.75. The highest BCUT2D eigenvalue weighted by molar-refractivity contribution is 7.07. The van der Waals surface area contributed by atoms with E-state index in [0.717, 1.165) is 42.9 Å². The standard InChI is InChI=1S/C19H28N6O3S/c1-18(2,3)28-17(27)23-19(4)8-6-12(7-9-19)21-15(26)16-22-14(24-29-16)13-10-20-11-25(13)5/h10-12H,6-9H2,1-5H3,(H,21,26)(H,23,27). The average molecular weight is 421 g/mol. The van der Waals surface area contributed by atoms with Gasteiger partial charge in [-0.25, -0.2) is 14.8 Å². The number of aryl methyl sites for hydroxylation is 1. The molecule has 0 aliphatic heterocycles. The minimum absolute atomic E-state index is 0.0417. The minimum atomic E-state index is -0.526. The summed E-state index contributed by atoms with van der Waals surface area (Å²) in [6.07, 6.45) is 5.99. The Kier molecular flexibility index (Phi) is 5.92. The molecule has 158 valence electrons. The summed E-state index contributed by atoms with van der Waals surface area (Å²) in [5, 5.41) is 6.35. The maximum Gasteiger partial charge on any atom is 0.408 e. The van der Waals surface area contributed by atoms with Crippen molar-refractivity contribution in [1.29, 1.82) is 0 Å². The fourth-order valence-electron chi connectivity index (χ4n) is 3.31. The van der Waals surface area contributed by atoms with Gasteiger partial charge in [-0.15, -0.1) is 0 Å². The Hall–Kier alpha value is -2.49. The van der Waals surface area contributed by atoms with Crippen molar-refractivity contribution in [3.05, 3.63) is 17.5 Å². The summed E-state index contributed by atoms with van der Waals surface area (Å²) in [6, 6.07) is 0.0417. The van der Waals surface area contributed by atoms with Crippen molar-refractivity contribution < 1.29 is 14.3 Å². The first kappa shape index (κ1) is 21.2. The summed E-state index contributed by atoms with van der Waals surface area (Å²) in [5.41, 5.74) is -0.0947. The lowest BCUT2D eigenvalue weighted by atomic mass is 9.81. The number of nitrogens with one attached hydrogen (secondary N) is 2. The van der Waals surface area contributed by atoms with Crippen LogP contribution in [0.2, 0.25) is 0 Å². The molecule has 1 aliphatic carbocycles. The van der Waals surface area contributed by atoms with Crippen LogP contribution in [0.15, 0.2) is 12.5 Å². The molecule has 0 atom stereocenters. The predicted molar refractivity (Wildman–Crippen MR) is 110 cm³/mol. The summed E-state index contributed by atoms with van der Waals surface area (Å²) in [6.45, 7) is 7.54. The van der Waals surface area contributed by atoms with Gasteiger partial charge in [-0.2, -0.15) is 4.37 Å². The number of rotatable bonds is 4. The van der Waals surface area contributed by atoms with Crippen molar-refractivity contribution in [2.45, 2.75) is 70.6 Å². The number of ether oxygens (including phenoxy) is 1. The zero-order chi connectivity index (χ0) is 21.2. The average Bonchev–Trinajstić information content (AvgIpc) is 3.23. The molecule has 2 aromatic heterocycles. The van der Waals surface area contributed by atoms with E-state index in [9.17, 15) is 9.59 Å². The summed E-state index contributed by atoms with van der Waals surface area (Å²) in [5.74, 6) is 0.280. The van der Waals surface area contributed by atoms with Crippen LogP contribution in [-0.2, 0) is 11.8 Å². The molecular formula is C19H28N6O3S. The zero-order valence-corrected chi connectivity index (χ0v) is 18.3. The van der Waals surface area contributed by atoms with Crippen molar-refractivity contribution in [2.24, 2.45) is 7.05 Å². The maximum absolute atomic E-state index is 12.6. The lowest BCUT2D eigenvalue weighted by Gasteiger charge is -2.38. The van der Waals surface area contributed by atoms with Crippen molar-refractivity contribution in [1.82, 2.24) is 29.5 Å². The second-order valence-corrected chi connectivity index (χ2v) is 9.50. The third kappa shape index (κ3) is 5.53. The number of carbonyl (C=O) groups excluding carboxylic acids is 2. The van der Waals surface area contributed by atoms with E-state index in [1.54, 1.807) is 12.5 Å². The molecule has 9 nitrogen and oxygen atoms in total. The summed E-state index contributed by atoms with van der Waals surface area (Å²) >= 11 is 1.08.